The first kappa shape index (κ1) is 15.2. The van der Waals surface area contributed by atoms with Crippen molar-refractivity contribution >= 4 is 17.9 Å². The molecule has 2 heterocycles. The van der Waals surface area contributed by atoms with Crippen LogP contribution < -0.4 is 4.90 Å². The summed E-state index contributed by atoms with van der Waals surface area (Å²) in [7, 11) is 0. The molecular weight excluding hydrogens is 292 g/mol. The molecule has 1 aliphatic rings. The maximum Gasteiger partial charge on any atom is 0.328 e. The first-order valence-electron chi connectivity index (χ1n) is 7.53. The normalized spacial score (nSPS) is 15.0. The third-order valence-electron chi connectivity index (χ3n) is 3.67. The lowest BCUT2D eigenvalue weighted by Crippen LogP contribution is -2.36. The second kappa shape index (κ2) is 7.07. The van der Waals surface area contributed by atoms with Gasteiger partial charge in [0, 0.05) is 24.7 Å². The molecule has 1 aliphatic heterocycles. The molecule has 23 heavy (non-hydrogen) atoms. The zero-order valence-electron chi connectivity index (χ0n) is 12.7. The van der Waals surface area contributed by atoms with Crippen LogP contribution in [0.2, 0.25) is 0 Å². The van der Waals surface area contributed by atoms with E-state index in [9.17, 15) is 4.79 Å². The molecule has 1 aromatic carbocycles. The van der Waals surface area contributed by atoms with Crippen LogP contribution in [0.15, 0.2) is 48.5 Å². The molecule has 118 valence electrons. The fraction of sp³-hybridized carbons (Fsp3) is 0.222. The predicted molar refractivity (Wildman–Crippen MR) is 89.4 cm³/mol. The number of ether oxygens (including phenoxy) is 1. The maximum absolute atomic E-state index is 10.6. The van der Waals surface area contributed by atoms with Gasteiger partial charge in [-0.2, -0.15) is 0 Å². The molecule has 1 fully saturated rings. The van der Waals surface area contributed by atoms with Crippen LogP contribution in [-0.2, 0) is 9.53 Å². The van der Waals surface area contributed by atoms with E-state index in [1.165, 1.54) is 0 Å². The van der Waals surface area contributed by atoms with Crippen molar-refractivity contribution in [1.82, 2.24) is 4.98 Å². The van der Waals surface area contributed by atoms with Gasteiger partial charge in [0.25, 0.3) is 0 Å². The van der Waals surface area contributed by atoms with E-state index in [0.29, 0.717) is 0 Å². The molecule has 1 N–H and O–H groups in total. The Balaban J connectivity index is 1.86. The van der Waals surface area contributed by atoms with Crippen molar-refractivity contribution in [2.75, 3.05) is 31.2 Å². The number of aromatic nitrogens is 1. The highest BCUT2D eigenvalue weighted by Crippen LogP contribution is 2.22. The van der Waals surface area contributed by atoms with Crippen molar-refractivity contribution in [1.29, 1.82) is 0 Å². The molecule has 0 spiro atoms. The van der Waals surface area contributed by atoms with Gasteiger partial charge < -0.3 is 14.7 Å². The van der Waals surface area contributed by atoms with E-state index in [0.717, 1.165) is 55.0 Å². The quantitative estimate of drug-likeness (QED) is 0.880. The van der Waals surface area contributed by atoms with E-state index in [-0.39, 0.29) is 0 Å². The summed E-state index contributed by atoms with van der Waals surface area (Å²) < 4.78 is 5.37. The molecule has 0 unspecified atom stereocenters. The summed E-state index contributed by atoms with van der Waals surface area (Å²) in [5.74, 6) is -0.0138. The van der Waals surface area contributed by atoms with E-state index < -0.39 is 5.97 Å². The van der Waals surface area contributed by atoms with Crippen LogP contribution in [0.5, 0.6) is 0 Å². The Morgan fingerprint density at radius 1 is 1.17 bits per heavy atom. The van der Waals surface area contributed by atoms with E-state index in [4.69, 9.17) is 14.8 Å². The number of benzene rings is 1. The standard InChI is InChI=1S/C18H18N2O3/c21-18(22)8-7-14-3-1-4-15(13-14)16-5-2-6-17(19-16)20-9-11-23-12-10-20/h1-8,13H,9-12H2,(H,21,22)/b8-7+. The van der Waals surface area contributed by atoms with Crippen molar-refractivity contribution in [2.24, 2.45) is 0 Å². The summed E-state index contributed by atoms with van der Waals surface area (Å²) in [6, 6.07) is 13.6. The van der Waals surface area contributed by atoms with Gasteiger partial charge in [0.15, 0.2) is 0 Å². The van der Waals surface area contributed by atoms with Crippen molar-refractivity contribution in [2.45, 2.75) is 0 Å². The highest BCUT2D eigenvalue weighted by molar-refractivity contribution is 5.85. The van der Waals surface area contributed by atoms with E-state index in [1.54, 1.807) is 6.08 Å². The Labute approximate surface area is 134 Å². The van der Waals surface area contributed by atoms with Gasteiger partial charge in [-0.1, -0.05) is 24.3 Å². The second-order valence-electron chi connectivity index (χ2n) is 5.28. The first-order chi connectivity index (χ1) is 11.2. The summed E-state index contributed by atoms with van der Waals surface area (Å²) >= 11 is 0. The van der Waals surface area contributed by atoms with E-state index in [2.05, 4.69) is 4.90 Å². The molecule has 2 aromatic rings. The van der Waals surface area contributed by atoms with Gasteiger partial charge >= 0.3 is 5.97 Å². The van der Waals surface area contributed by atoms with Crippen molar-refractivity contribution in [3.05, 3.63) is 54.1 Å². The number of carbonyl (C=O) groups is 1. The smallest absolute Gasteiger partial charge is 0.328 e. The van der Waals surface area contributed by atoms with Crippen LogP contribution in [0.1, 0.15) is 5.56 Å². The van der Waals surface area contributed by atoms with Crippen LogP contribution in [0.4, 0.5) is 5.82 Å². The SMILES string of the molecule is O=C(O)/C=C/c1cccc(-c2cccc(N3CCOCC3)n2)c1. The van der Waals surface area contributed by atoms with E-state index >= 15 is 0 Å². The second-order valence-corrected chi connectivity index (χ2v) is 5.28. The third-order valence-corrected chi connectivity index (χ3v) is 3.67. The Hall–Kier alpha value is -2.66. The number of hydrogen-bond acceptors (Lipinski definition) is 4. The summed E-state index contributed by atoms with van der Waals surface area (Å²) in [4.78, 5) is 17.6. The Bertz CT molecular complexity index is 722. The predicted octanol–water partition coefficient (Wildman–Crippen LogP) is 2.68. The number of anilines is 1. The van der Waals surface area contributed by atoms with Crippen molar-refractivity contribution in [3.8, 4) is 11.3 Å². The van der Waals surface area contributed by atoms with Crippen LogP contribution in [0.3, 0.4) is 0 Å². The topological polar surface area (TPSA) is 62.7 Å². The lowest BCUT2D eigenvalue weighted by Gasteiger charge is -2.28. The number of hydrogen-bond donors (Lipinski definition) is 1. The minimum Gasteiger partial charge on any atom is -0.478 e. The average Bonchev–Trinajstić information content (AvgIpc) is 2.61. The largest absolute Gasteiger partial charge is 0.478 e. The summed E-state index contributed by atoms with van der Waals surface area (Å²) in [6.45, 7) is 3.14. The summed E-state index contributed by atoms with van der Waals surface area (Å²) in [5.41, 5.74) is 2.68. The molecule has 1 saturated heterocycles. The van der Waals surface area contributed by atoms with Gasteiger partial charge in [-0.15, -0.1) is 0 Å². The van der Waals surface area contributed by atoms with Crippen LogP contribution in [0.25, 0.3) is 17.3 Å². The third kappa shape index (κ3) is 3.96. The monoisotopic (exact) mass is 310 g/mol. The van der Waals surface area contributed by atoms with Gasteiger partial charge in [-0.25, -0.2) is 9.78 Å². The molecule has 1 aromatic heterocycles. The molecule has 0 aliphatic carbocycles. The van der Waals surface area contributed by atoms with Crippen LogP contribution in [-0.4, -0.2) is 42.4 Å². The molecule has 0 amide bonds. The highest BCUT2D eigenvalue weighted by Gasteiger charge is 2.12. The van der Waals surface area contributed by atoms with Crippen LogP contribution in [0, 0.1) is 0 Å². The zero-order chi connectivity index (χ0) is 16.1. The number of carboxylic acid groups (broad SMARTS) is 1. The van der Waals surface area contributed by atoms with E-state index in [1.807, 2.05) is 42.5 Å². The Morgan fingerprint density at radius 3 is 2.74 bits per heavy atom. The molecule has 0 atom stereocenters. The summed E-state index contributed by atoms with van der Waals surface area (Å²) in [6.07, 6.45) is 2.72. The fourth-order valence-corrected chi connectivity index (χ4v) is 2.52. The molecule has 0 saturated carbocycles. The van der Waals surface area contributed by atoms with Crippen LogP contribution >= 0.6 is 0 Å². The molecule has 5 heteroatoms. The number of nitrogens with zero attached hydrogens (tertiary/aromatic N) is 2. The fourth-order valence-electron chi connectivity index (χ4n) is 2.52. The molecule has 5 nitrogen and oxygen atoms in total. The van der Waals surface area contributed by atoms with Crippen molar-refractivity contribution in [3.63, 3.8) is 0 Å². The number of aliphatic carboxylic acids is 1. The van der Waals surface area contributed by atoms with Gasteiger partial charge in [-0.05, 0) is 29.8 Å². The van der Waals surface area contributed by atoms with Gasteiger partial charge in [0.05, 0.1) is 18.9 Å². The van der Waals surface area contributed by atoms with Gasteiger partial charge in [0.1, 0.15) is 5.82 Å². The lowest BCUT2D eigenvalue weighted by atomic mass is 10.1. The number of pyridine rings is 1. The molecule has 0 radical (unpaired) electrons. The number of rotatable bonds is 4. The first-order valence-corrected chi connectivity index (χ1v) is 7.53. The molecule has 3 rings (SSSR count). The Morgan fingerprint density at radius 2 is 1.96 bits per heavy atom. The van der Waals surface area contributed by atoms with Gasteiger partial charge in [-0.3, -0.25) is 0 Å². The number of morpholine rings is 1. The summed E-state index contributed by atoms with van der Waals surface area (Å²) in [5, 5.41) is 8.73. The number of carboxylic acids is 1. The minimum atomic E-state index is -0.956. The van der Waals surface area contributed by atoms with Crippen molar-refractivity contribution < 1.29 is 14.6 Å². The lowest BCUT2D eigenvalue weighted by molar-refractivity contribution is -0.131. The highest BCUT2D eigenvalue weighted by atomic mass is 16.5. The molecular formula is C18H18N2O3. The molecule has 0 bridgehead atoms. The average molecular weight is 310 g/mol. The zero-order valence-corrected chi connectivity index (χ0v) is 12.7. The minimum absolute atomic E-state index is 0.724. The maximum atomic E-state index is 10.6. The van der Waals surface area contributed by atoms with Gasteiger partial charge in [0.2, 0.25) is 0 Å². The Kier molecular flexibility index (Phi) is 4.68.